The van der Waals surface area contributed by atoms with E-state index < -0.39 is 9.05 Å². The van der Waals surface area contributed by atoms with Gasteiger partial charge in [-0.15, -0.1) is 6.58 Å². The predicted molar refractivity (Wildman–Crippen MR) is 76.3 cm³/mol. The lowest BCUT2D eigenvalue weighted by Gasteiger charge is -2.05. The lowest BCUT2D eigenvalue weighted by molar-refractivity contribution is 0.419. The zero-order valence-electron chi connectivity index (χ0n) is 10.5. The van der Waals surface area contributed by atoms with E-state index >= 15 is 0 Å². The Kier molecular flexibility index (Phi) is 3.87. The van der Waals surface area contributed by atoms with E-state index in [0.717, 1.165) is 11.9 Å². The molecule has 1 heterocycles. The molecule has 2 rings (SSSR count). The molecule has 0 aliphatic rings. The van der Waals surface area contributed by atoms with Crippen molar-refractivity contribution in [2.24, 2.45) is 0 Å². The fourth-order valence-corrected chi connectivity index (χ4v) is 3.11. The van der Waals surface area contributed by atoms with E-state index in [4.69, 9.17) is 15.4 Å². The van der Waals surface area contributed by atoms with Gasteiger partial charge in [0.1, 0.15) is 10.6 Å². The minimum Gasteiger partial charge on any atom is -0.496 e. The summed E-state index contributed by atoms with van der Waals surface area (Å²) in [5.41, 5.74) is 0.778. The van der Waals surface area contributed by atoms with Gasteiger partial charge in [0, 0.05) is 23.4 Å². The first-order valence-corrected chi connectivity index (χ1v) is 8.01. The van der Waals surface area contributed by atoms with Gasteiger partial charge in [-0.05, 0) is 18.6 Å². The molecule has 0 bridgehead atoms. The van der Waals surface area contributed by atoms with Crippen LogP contribution in [0.2, 0.25) is 0 Å². The number of allylic oxidation sites excluding steroid dienone is 1. The minimum atomic E-state index is -3.82. The Morgan fingerprint density at radius 2 is 2.21 bits per heavy atom. The number of nitrogens with zero attached hydrogens (tertiary/aromatic N) is 1. The minimum absolute atomic E-state index is 0.0747. The van der Waals surface area contributed by atoms with Crippen molar-refractivity contribution < 1.29 is 13.2 Å². The van der Waals surface area contributed by atoms with Gasteiger partial charge in [0.15, 0.2) is 0 Å². The van der Waals surface area contributed by atoms with Gasteiger partial charge in [0.25, 0.3) is 9.05 Å². The van der Waals surface area contributed by atoms with Crippen LogP contribution in [-0.4, -0.2) is 20.1 Å². The second kappa shape index (κ2) is 5.27. The molecule has 0 unspecified atom stereocenters. The van der Waals surface area contributed by atoms with Crippen LogP contribution in [-0.2, 0) is 15.6 Å². The Hall–Kier alpha value is -1.46. The van der Waals surface area contributed by atoms with Gasteiger partial charge in [-0.2, -0.15) is 0 Å². The van der Waals surface area contributed by atoms with Crippen molar-refractivity contribution in [2.75, 3.05) is 7.11 Å². The van der Waals surface area contributed by atoms with Gasteiger partial charge in [0.2, 0.25) is 0 Å². The van der Waals surface area contributed by atoms with Crippen molar-refractivity contribution in [3.63, 3.8) is 0 Å². The fraction of sp³-hybridized carbons (Fsp3) is 0.231. The monoisotopic (exact) mass is 299 g/mol. The first-order chi connectivity index (χ1) is 8.99. The molecule has 102 valence electrons. The second-order valence-electron chi connectivity index (χ2n) is 4.06. The summed E-state index contributed by atoms with van der Waals surface area (Å²) in [6, 6.07) is 5.37. The molecule has 19 heavy (non-hydrogen) atoms. The first-order valence-electron chi connectivity index (χ1n) is 5.70. The standard InChI is InChI=1S/C13H14ClNO3S/c1-3-4-8-15-9-12(19(14,16)17)13-10(15)6-5-7-11(13)18-2/h3,5-7,9H,1,4,8H2,2H3. The van der Waals surface area contributed by atoms with Crippen molar-refractivity contribution in [1.29, 1.82) is 0 Å². The molecule has 1 aromatic heterocycles. The number of hydrogen-bond acceptors (Lipinski definition) is 3. The van der Waals surface area contributed by atoms with Gasteiger partial charge in [-0.1, -0.05) is 12.1 Å². The molecule has 0 saturated heterocycles. The molecule has 0 saturated carbocycles. The molecule has 0 aliphatic carbocycles. The number of ether oxygens (including phenoxy) is 1. The van der Waals surface area contributed by atoms with E-state index in [-0.39, 0.29) is 4.90 Å². The zero-order chi connectivity index (χ0) is 14.0. The Balaban J connectivity index is 2.77. The van der Waals surface area contributed by atoms with E-state index in [1.165, 1.54) is 7.11 Å². The maximum absolute atomic E-state index is 11.7. The number of benzene rings is 1. The van der Waals surface area contributed by atoms with Crippen LogP contribution >= 0.6 is 10.7 Å². The van der Waals surface area contributed by atoms with Crippen LogP contribution in [0.5, 0.6) is 5.75 Å². The quantitative estimate of drug-likeness (QED) is 0.629. The molecular formula is C13H14ClNO3S. The van der Waals surface area contributed by atoms with Gasteiger partial charge in [-0.25, -0.2) is 8.42 Å². The van der Waals surface area contributed by atoms with Crippen LogP contribution in [0, 0.1) is 0 Å². The van der Waals surface area contributed by atoms with Crippen LogP contribution in [0.15, 0.2) is 41.9 Å². The molecule has 0 N–H and O–H groups in total. The second-order valence-corrected chi connectivity index (χ2v) is 6.59. The Labute approximate surface area is 116 Å². The van der Waals surface area contributed by atoms with Crippen LogP contribution < -0.4 is 4.74 Å². The molecule has 4 nitrogen and oxygen atoms in total. The summed E-state index contributed by atoms with van der Waals surface area (Å²) < 4.78 is 30.4. The third kappa shape index (κ3) is 2.62. The first kappa shape index (κ1) is 14.0. The Bertz CT molecular complexity index is 719. The number of aromatic nitrogens is 1. The zero-order valence-corrected chi connectivity index (χ0v) is 12.0. The largest absolute Gasteiger partial charge is 0.496 e. The van der Waals surface area contributed by atoms with Gasteiger partial charge >= 0.3 is 0 Å². The summed E-state index contributed by atoms with van der Waals surface area (Å²) in [7, 11) is 3.18. The normalized spacial score (nSPS) is 11.7. The number of fused-ring (bicyclic) bond motifs is 1. The maximum atomic E-state index is 11.7. The molecule has 0 radical (unpaired) electrons. The lowest BCUT2D eigenvalue weighted by atomic mass is 10.2. The number of rotatable bonds is 5. The summed E-state index contributed by atoms with van der Waals surface area (Å²) >= 11 is 0. The van der Waals surface area contributed by atoms with E-state index in [0.29, 0.717) is 17.7 Å². The maximum Gasteiger partial charge on any atom is 0.263 e. The average molecular weight is 300 g/mol. The van der Waals surface area contributed by atoms with Crippen LogP contribution in [0.3, 0.4) is 0 Å². The Morgan fingerprint density at radius 3 is 2.79 bits per heavy atom. The molecular weight excluding hydrogens is 286 g/mol. The molecule has 0 fully saturated rings. The van der Waals surface area contributed by atoms with Crippen molar-refractivity contribution >= 4 is 30.6 Å². The predicted octanol–water partition coefficient (Wildman–Crippen LogP) is 3.15. The number of aryl methyl sites for hydroxylation is 1. The van der Waals surface area contributed by atoms with E-state index in [1.54, 1.807) is 18.3 Å². The Morgan fingerprint density at radius 1 is 1.47 bits per heavy atom. The lowest BCUT2D eigenvalue weighted by Crippen LogP contribution is -1.94. The van der Waals surface area contributed by atoms with E-state index in [1.807, 2.05) is 16.7 Å². The van der Waals surface area contributed by atoms with Crippen LogP contribution in [0.1, 0.15) is 6.42 Å². The van der Waals surface area contributed by atoms with Crippen molar-refractivity contribution in [3.05, 3.63) is 37.1 Å². The molecule has 0 aliphatic heterocycles. The third-order valence-corrected chi connectivity index (χ3v) is 4.22. The highest BCUT2D eigenvalue weighted by molar-refractivity contribution is 8.14. The third-order valence-electron chi connectivity index (χ3n) is 2.89. The highest BCUT2D eigenvalue weighted by Gasteiger charge is 2.21. The van der Waals surface area contributed by atoms with Gasteiger partial charge < -0.3 is 9.30 Å². The van der Waals surface area contributed by atoms with E-state index in [9.17, 15) is 8.42 Å². The SMILES string of the molecule is C=CCCn1cc(S(=O)(=O)Cl)c2c(OC)cccc21. The van der Waals surface area contributed by atoms with Gasteiger partial charge in [-0.3, -0.25) is 0 Å². The average Bonchev–Trinajstić information content (AvgIpc) is 2.75. The molecule has 0 amide bonds. The molecule has 0 spiro atoms. The highest BCUT2D eigenvalue weighted by Crippen LogP contribution is 2.35. The smallest absolute Gasteiger partial charge is 0.263 e. The van der Waals surface area contributed by atoms with Crippen LogP contribution in [0.25, 0.3) is 10.9 Å². The molecule has 0 atom stereocenters. The van der Waals surface area contributed by atoms with Crippen molar-refractivity contribution in [3.8, 4) is 5.75 Å². The summed E-state index contributed by atoms with van der Waals surface area (Å²) in [4.78, 5) is 0.0747. The fourth-order valence-electron chi connectivity index (χ4n) is 2.05. The van der Waals surface area contributed by atoms with Crippen LogP contribution in [0.4, 0.5) is 0 Å². The number of halogens is 1. The summed E-state index contributed by atoms with van der Waals surface area (Å²) in [5, 5.41) is 0.518. The molecule has 1 aromatic carbocycles. The molecule has 2 aromatic rings. The highest BCUT2D eigenvalue weighted by atomic mass is 35.7. The summed E-state index contributed by atoms with van der Waals surface area (Å²) in [6.45, 7) is 4.30. The molecule has 6 heteroatoms. The summed E-state index contributed by atoms with van der Waals surface area (Å²) in [6.07, 6.45) is 4.06. The van der Waals surface area contributed by atoms with Crippen molar-refractivity contribution in [2.45, 2.75) is 17.9 Å². The van der Waals surface area contributed by atoms with Gasteiger partial charge in [0.05, 0.1) is 18.0 Å². The summed E-state index contributed by atoms with van der Waals surface area (Å²) in [5.74, 6) is 0.495. The number of hydrogen-bond donors (Lipinski definition) is 0. The van der Waals surface area contributed by atoms with Crippen molar-refractivity contribution in [1.82, 2.24) is 4.57 Å². The number of methoxy groups -OCH3 is 1. The topological polar surface area (TPSA) is 48.3 Å². The van der Waals surface area contributed by atoms with E-state index in [2.05, 4.69) is 6.58 Å².